The Hall–Kier alpha value is -8.97. The van der Waals surface area contributed by atoms with E-state index in [-0.39, 0.29) is 69.5 Å². The molecule has 12 atom stereocenters. The Morgan fingerprint density at radius 1 is 0.586 bits per heavy atom. The lowest BCUT2D eigenvalue weighted by Crippen LogP contribution is -2.63. The zero-order chi connectivity index (χ0) is 65.1. The maximum atomic E-state index is 14.6. The second-order valence-corrected chi connectivity index (χ2v) is 21.7. The van der Waals surface area contributed by atoms with Gasteiger partial charge in [-0.05, 0) is 81.0 Å². The lowest BCUT2D eigenvalue weighted by atomic mass is 9.96. The van der Waals surface area contributed by atoms with Gasteiger partial charge < -0.3 is 96.8 Å². The molecule has 0 spiro atoms. The number of nitrogens with one attached hydrogen (secondary N) is 10. The molecule has 23 N–H and O–H groups in total. The van der Waals surface area contributed by atoms with Crippen LogP contribution in [-0.2, 0) is 60.8 Å². The molecule has 9 amide bonds. The number of hydrogen-bond donors (Lipinski definition) is 18. The molecule has 3 aromatic rings. The van der Waals surface area contributed by atoms with Crippen LogP contribution in [0.3, 0.4) is 0 Å². The van der Waals surface area contributed by atoms with Crippen LogP contribution in [0, 0.1) is 11.8 Å². The summed E-state index contributed by atoms with van der Waals surface area (Å²) >= 11 is 0. The maximum absolute atomic E-state index is 14.6. The number of benzene rings is 2. The number of aromatic nitrogens is 2. The number of nitrogens with two attached hydrogens (primary N) is 5. The maximum Gasteiger partial charge on any atom is 0.326 e. The Morgan fingerprint density at radius 3 is 1.70 bits per heavy atom. The first-order chi connectivity index (χ1) is 41.0. The number of aliphatic imine (C=N–C) groups is 2. The number of rotatable bonds is 37. The van der Waals surface area contributed by atoms with Gasteiger partial charge in [-0.3, -0.25) is 53.1 Å². The molecule has 1 heterocycles. The van der Waals surface area contributed by atoms with Gasteiger partial charge in [0.1, 0.15) is 48.3 Å². The largest absolute Gasteiger partial charge is 0.480 e. The Balaban J connectivity index is 1.84. The molecule has 31 nitrogen and oxygen atoms in total. The second kappa shape index (κ2) is 36.1. The van der Waals surface area contributed by atoms with E-state index in [0.29, 0.717) is 24.1 Å². The predicted octanol–water partition coefficient (Wildman–Crippen LogP) is -4.26. The van der Waals surface area contributed by atoms with Crippen LogP contribution in [0.15, 0.2) is 65.0 Å². The van der Waals surface area contributed by atoms with E-state index in [2.05, 4.69) is 67.8 Å². The average Bonchev–Trinajstić information content (AvgIpc) is 2.70. The fourth-order valence-electron chi connectivity index (χ4n) is 8.84. The number of nitrogens with zero attached hydrogens (tertiary/aromatic N) is 3. The topological polar surface area (TPSA) is 523 Å². The summed E-state index contributed by atoms with van der Waals surface area (Å²) in [5.74, 6) is -10.5. The van der Waals surface area contributed by atoms with Crippen LogP contribution in [-0.4, -0.2) is 183 Å². The molecule has 0 saturated carbocycles. The molecular formula is C56H88N18O13. The van der Waals surface area contributed by atoms with Crippen LogP contribution < -0.4 is 76.5 Å². The third-order valence-electron chi connectivity index (χ3n) is 13.9. The van der Waals surface area contributed by atoms with Crippen LogP contribution >= 0.6 is 0 Å². The summed E-state index contributed by atoms with van der Waals surface area (Å²) in [6.45, 7) is 10.1. The van der Waals surface area contributed by atoms with E-state index in [9.17, 15) is 63.3 Å². The van der Waals surface area contributed by atoms with Crippen molar-refractivity contribution < 1.29 is 63.3 Å². The van der Waals surface area contributed by atoms with Crippen LogP contribution in [0.4, 0.5) is 0 Å². The number of aliphatic hydroxyl groups excluding tert-OH is 2. The van der Waals surface area contributed by atoms with Gasteiger partial charge in [-0.1, -0.05) is 76.6 Å². The molecule has 0 bridgehead atoms. The predicted molar refractivity (Wildman–Crippen MR) is 322 cm³/mol. The zero-order valence-electron chi connectivity index (χ0n) is 50.1. The van der Waals surface area contributed by atoms with Crippen LogP contribution in [0.5, 0.6) is 0 Å². The molecule has 1 aromatic heterocycles. The molecule has 1 unspecified atom stereocenters. The minimum Gasteiger partial charge on any atom is -0.480 e. The van der Waals surface area contributed by atoms with Crippen molar-refractivity contribution in [2.75, 3.05) is 19.6 Å². The Labute approximate surface area is 504 Å². The molecule has 0 aliphatic rings. The first kappa shape index (κ1) is 72.3. The zero-order valence-corrected chi connectivity index (χ0v) is 50.1. The third-order valence-corrected chi connectivity index (χ3v) is 13.9. The van der Waals surface area contributed by atoms with Crippen molar-refractivity contribution in [3.05, 3.63) is 66.2 Å². The number of aliphatic hydroxyl groups is 2. The fraction of sp³-hybridized carbons (Fsp3) is 0.554. The quantitative estimate of drug-likeness (QED) is 0.0148. The highest BCUT2D eigenvalue weighted by molar-refractivity contribution is 5.99. The molecule has 0 saturated heterocycles. The first-order valence-corrected chi connectivity index (χ1v) is 28.6. The molecule has 2 aromatic carbocycles. The van der Waals surface area contributed by atoms with Crippen molar-refractivity contribution in [1.82, 2.24) is 57.8 Å². The monoisotopic (exact) mass is 1220 g/mol. The summed E-state index contributed by atoms with van der Waals surface area (Å²) in [7, 11) is 0. The number of carbonyl (C=O) groups excluding carboxylic acids is 9. The summed E-state index contributed by atoms with van der Waals surface area (Å²) in [6, 6.07) is -0.110. The number of aromatic amines is 1. The number of amides is 9. The minimum absolute atomic E-state index is 0.0328. The van der Waals surface area contributed by atoms with Crippen molar-refractivity contribution in [2.24, 2.45) is 50.5 Å². The van der Waals surface area contributed by atoms with Crippen molar-refractivity contribution in [1.29, 1.82) is 0 Å². The molecular weight excluding hydrogens is 1130 g/mol. The van der Waals surface area contributed by atoms with E-state index in [4.69, 9.17) is 28.7 Å². The van der Waals surface area contributed by atoms with Crippen LogP contribution in [0.1, 0.15) is 98.2 Å². The first-order valence-electron chi connectivity index (χ1n) is 28.6. The highest BCUT2D eigenvalue weighted by Gasteiger charge is 2.37. The average molecular weight is 1220 g/mol. The number of hydrogen-bond acceptors (Lipinski definition) is 16. The molecule has 0 fully saturated rings. The smallest absolute Gasteiger partial charge is 0.326 e. The summed E-state index contributed by atoms with van der Waals surface area (Å²) < 4.78 is 0. The van der Waals surface area contributed by atoms with E-state index >= 15 is 0 Å². The van der Waals surface area contributed by atoms with Gasteiger partial charge in [-0.2, -0.15) is 0 Å². The van der Waals surface area contributed by atoms with E-state index in [0.717, 1.165) is 24.6 Å². The molecule has 0 aliphatic carbocycles. The lowest BCUT2D eigenvalue weighted by Gasteiger charge is -2.29. The Morgan fingerprint density at radius 2 is 1.11 bits per heavy atom. The lowest BCUT2D eigenvalue weighted by molar-refractivity contribution is -0.143. The fourth-order valence-corrected chi connectivity index (χ4v) is 8.84. The van der Waals surface area contributed by atoms with Gasteiger partial charge in [0, 0.05) is 37.8 Å². The number of H-pyrrole nitrogens is 1. The van der Waals surface area contributed by atoms with Gasteiger partial charge >= 0.3 is 5.97 Å². The number of aliphatic carboxylic acids is 1. The number of carboxylic acids is 1. The molecule has 31 heteroatoms. The van der Waals surface area contributed by atoms with Gasteiger partial charge in [0.2, 0.25) is 53.2 Å². The van der Waals surface area contributed by atoms with Gasteiger partial charge in [0.25, 0.3) is 0 Å². The van der Waals surface area contributed by atoms with Crippen molar-refractivity contribution in [3.8, 4) is 0 Å². The van der Waals surface area contributed by atoms with Gasteiger partial charge in [-0.25, -0.2) is 9.78 Å². The molecule has 87 heavy (non-hydrogen) atoms. The van der Waals surface area contributed by atoms with Crippen molar-refractivity contribution in [3.63, 3.8) is 0 Å². The summed E-state index contributed by atoms with van der Waals surface area (Å²) in [5, 5.41) is 55.5. The van der Waals surface area contributed by atoms with Crippen LogP contribution in [0.2, 0.25) is 0 Å². The standard InChI is InChI=1S/C56H88N18O13/c1-8-29(4)43(52(84)71-41(54(86)87)22-28(2)3)72-48(80)38(19-13-21-64-56(60)61)68-42(77)26-65-51(83)44(31(6)75)74-53(85)45(32(7)76)73-50(82)40(24-35-25-62-27-66-35)70-49(81)39(23-34-16-11-15-33-14-9-10-17-36(33)34)69-46(78)30(5)67-47(79)37(57)18-12-20-63-55(58)59/h9-11,14-17,25,27-32,37-41,43-45,75-76H,8,12-13,18-24,26,57H2,1-7H3,(H,62,66)(H,65,83)(H,67,79)(H,68,77)(H,69,78)(H,70,81)(H,71,84)(H,72,80)(H,73,82)(H,74,85)(H,86,87)(H4,58,59,63)(H4,60,61,64)/t29?,30-,31+,32+,37-,38+,39-,40-,41+,43-,44-,45-/m0/s1. The second-order valence-electron chi connectivity index (χ2n) is 21.7. The van der Waals surface area contributed by atoms with E-state index in [1.54, 1.807) is 45.9 Å². The van der Waals surface area contributed by atoms with E-state index < -0.39 is 138 Å². The number of guanidine groups is 2. The summed E-state index contributed by atoms with van der Waals surface area (Å²) in [6.07, 6.45) is -0.00381. The molecule has 480 valence electrons. The molecule has 0 aliphatic heterocycles. The van der Waals surface area contributed by atoms with Gasteiger partial charge in [-0.15, -0.1) is 0 Å². The molecule has 0 radical (unpaired) electrons. The van der Waals surface area contributed by atoms with Gasteiger partial charge in [0.15, 0.2) is 11.9 Å². The number of imidazole rings is 1. The minimum atomic E-state index is -1.87. The SMILES string of the molecule is CCC(C)[C@H](NC(=O)[C@@H](CCCN=C(N)N)NC(=O)CNC(=O)[C@@H](NC(=O)[C@@H](NC(=O)[C@H](Cc1cnc[nH]1)NC(=O)[C@H](Cc1cccc2ccccc12)NC(=O)[C@H](C)NC(=O)[C@@H](N)CCCN=C(N)N)[C@@H](C)O)[C@@H](C)O)C(=O)N[C@H](CC(C)C)C(=O)O. The van der Waals surface area contributed by atoms with Gasteiger partial charge in [0.05, 0.1) is 31.1 Å². The molecule has 3 rings (SSSR count). The number of carbonyl (C=O) groups is 10. The Bertz CT molecular complexity index is 2850. The number of carboxylic acid groups (broad SMARTS) is 1. The Kier molecular flexibility index (Phi) is 30.0. The highest BCUT2D eigenvalue weighted by Crippen LogP contribution is 2.21. The highest BCUT2D eigenvalue weighted by atomic mass is 16.4. The third kappa shape index (κ3) is 24.9. The summed E-state index contributed by atoms with van der Waals surface area (Å²) in [4.78, 5) is 151. The van der Waals surface area contributed by atoms with E-state index in [1.165, 1.54) is 19.4 Å². The van der Waals surface area contributed by atoms with Crippen molar-refractivity contribution >= 4 is 81.8 Å². The van der Waals surface area contributed by atoms with Crippen molar-refractivity contribution in [2.45, 2.75) is 166 Å². The van der Waals surface area contributed by atoms with E-state index in [1.807, 2.05) is 24.3 Å². The normalized spacial score (nSPS) is 15.3. The van der Waals surface area contributed by atoms with Crippen LogP contribution in [0.25, 0.3) is 10.8 Å². The summed E-state index contributed by atoms with van der Waals surface area (Å²) in [5.41, 5.74) is 28.7. The number of fused-ring (bicyclic) bond motifs is 1.